The molecule has 1 heterocycles. The number of anilines is 1. The normalized spacial score (nSPS) is 16.0. The van der Waals surface area contributed by atoms with E-state index in [-0.39, 0.29) is 18.4 Å². The summed E-state index contributed by atoms with van der Waals surface area (Å²) >= 11 is 0. The fourth-order valence-electron chi connectivity index (χ4n) is 2.19. The van der Waals surface area contributed by atoms with Crippen molar-refractivity contribution in [1.82, 2.24) is 9.80 Å². The highest BCUT2D eigenvalue weighted by molar-refractivity contribution is 6.01. The van der Waals surface area contributed by atoms with Gasteiger partial charge in [0.15, 0.2) is 0 Å². The molecule has 2 rings (SSSR count). The van der Waals surface area contributed by atoms with Gasteiger partial charge in [-0.1, -0.05) is 0 Å². The monoisotopic (exact) mass is 277 g/mol. The minimum atomic E-state index is -0.214. The molecule has 0 spiro atoms. The number of ether oxygens (including phenoxy) is 1. The number of nitrogens with two attached hydrogens (primary N) is 1. The maximum Gasteiger partial charge on any atom is 0.256 e. The van der Waals surface area contributed by atoms with Crippen molar-refractivity contribution >= 4 is 17.5 Å². The molecule has 2 N–H and O–H groups in total. The van der Waals surface area contributed by atoms with Crippen molar-refractivity contribution < 1.29 is 14.3 Å². The maximum atomic E-state index is 12.5. The van der Waals surface area contributed by atoms with Crippen molar-refractivity contribution in [2.24, 2.45) is 0 Å². The number of benzene rings is 1. The first-order valence-electron chi connectivity index (χ1n) is 6.49. The van der Waals surface area contributed by atoms with Gasteiger partial charge in [0.2, 0.25) is 5.91 Å². The predicted octanol–water partition coefficient (Wildman–Crippen LogP) is 0.582. The van der Waals surface area contributed by atoms with Crippen LogP contribution < -0.4 is 10.5 Å². The van der Waals surface area contributed by atoms with Gasteiger partial charge in [-0.05, 0) is 18.6 Å². The second-order valence-electron chi connectivity index (χ2n) is 4.85. The fraction of sp³-hybridized carbons (Fsp3) is 0.429. The van der Waals surface area contributed by atoms with E-state index in [4.69, 9.17) is 10.5 Å². The first-order valence-corrected chi connectivity index (χ1v) is 6.49. The summed E-state index contributed by atoms with van der Waals surface area (Å²) in [5.74, 6) is 0.336. The number of methoxy groups -OCH3 is 1. The molecule has 1 saturated heterocycles. The average Bonchev–Trinajstić information content (AvgIpc) is 2.60. The van der Waals surface area contributed by atoms with Gasteiger partial charge in [0.1, 0.15) is 12.3 Å². The highest BCUT2D eigenvalue weighted by atomic mass is 16.5. The third kappa shape index (κ3) is 2.84. The van der Waals surface area contributed by atoms with Gasteiger partial charge < -0.3 is 20.3 Å². The fourth-order valence-corrected chi connectivity index (χ4v) is 2.19. The van der Waals surface area contributed by atoms with E-state index < -0.39 is 0 Å². The predicted molar refractivity (Wildman–Crippen MR) is 75.6 cm³/mol. The number of rotatable bonds is 2. The molecule has 0 radical (unpaired) electrons. The first-order chi connectivity index (χ1) is 9.52. The van der Waals surface area contributed by atoms with Gasteiger partial charge in [-0.2, -0.15) is 0 Å². The van der Waals surface area contributed by atoms with Crippen LogP contribution >= 0.6 is 0 Å². The second-order valence-corrected chi connectivity index (χ2v) is 4.85. The molecule has 1 aromatic carbocycles. The third-order valence-corrected chi connectivity index (χ3v) is 3.45. The van der Waals surface area contributed by atoms with Gasteiger partial charge in [-0.3, -0.25) is 9.59 Å². The van der Waals surface area contributed by atoms with Gasteiger partial charge >= 0.3 is 0 Å². The van der Waals surface area contributed by atoms with E-state index in [0.717, 1.165) is 6.42 Å². The number of amides is 2. The number of carbonyl (C=O) groups excluding carboxylic acids is 2. The summed E-state index contributed by atoms with van der Waals surface area (Å²) in [6.45, 7) is 1.32. The Morgan fingerprint density at radius 2 is 2.10 bits per heavy atom. The molecular weight excluding hydrogens is 258 g/mol. The quantitative estimate of drug-likeness (QED) is 0.802. The van der Waals surface area contributed by atoms with Crippen molar-refractivity contribution in [1.29, 1.82) is 0 Å². The van der Waals surface area contributed by atoms with Crippen molar-refractivity contribution in [3.63, 3.8) is 0 Å². The van der Waals surface area contributed by atoms with Crippen LogP contribution in [-0.2, 0) is 4.79 Å². The zero-order valence-corrected chi connectivity index (χ0v) is 11.8. The standard InChI is InChI=1S/C14H19N3O3/c1-16-6-3-7-17(9-13(16)18)14(19)11-5-4-10(20-2)8-12(11)15/h4-5,8H,3,6-7,9,15H2,1-2H3. The Labute approximate surface area is 118 Å². The number of likely N-dealkylation sites (N-methyl/N-ethyl adjacent to an activating group) is 1. The summed E-state index contributed by atoms with van der Waals surface area (Å²) in [7, 11) is 3.29. The lowest BCUT2D eigenvalue weighted by Crippen LogP contribution is -2.38. The molecule has 20 heavy (non-hydrogen) atoms. The van der Waals surface area contributed by atoms with Crippen molar-refractivity contribution in [3.8, 4) is 5.75 Å². The minimum Gasteiger partial charge on any atom is -0.497 e. The summed E-state index contributed by atoms with van der Waals surface area (Å²) in [6.07, 6.45) is 0.768. The van der Waals surface area contributed by atoms with E-state index in [0.29, 0.717) is 30.1 Å². The Balaban J connectivity index is 2.20. The first kappa shape index (κ1) is 14.2. The van der Waals surface area contributed by atoms with Crippen molar-refractivity contribution in [2.45, 2.75) is 6.42 Å². The lowest BCUT2D eigenvalue weighted by Gasteiger charge is -2.20. The van der Waals surface area contributed by atoms with E-state index >= 15 is 0 Å². The number of nitrogen functional groups attached to an aromatic ring is 1. The number of carbonyl (C=O) groups is 2. The Morgan fingerprint density at radius 1 is 1.35 bits per heavy atom. The molecule has 0 atom stereocenters. The van der Waals surface area contributed by atoms with E-state index in [1.807, 2.05) is 0 Å². The summed E-state index contributed by atoms with van der Waals surface area (Å²) in [4.78, 5) is 27.5. The van der Waals surface area contributed by atoms with Gasteiger partial charge in [0.05, 0.1) is 12.7 Å². The number of nitrogens with zero attached hydrogens (tertiary/aromatic N) is 2. The molecule has 1 aliphatic rings. The lowest BCUT2D eigenvalue weighted by molar-refractivity contribution is -0.129. The molecule has 1 fully saturated rings. The van der Waals surface area contributed by atoms with E-state index in [2.05, 4.69) is 0 Å². The van der Waals surface area contributed by atoms with Gasteiger partial charge in [0, 0.05) is 31.9 Å². The smallest absolute Gasteiger partial charge is 0.256 e. The zero-order chi connectivity index (χ0) is 14.7. The molecule has 1 aliphatic heterocycles. The largest absolute Gasteiger partial charge is 0.497 e. The van der Waals surface area contributed by atoms with Gasteiger partial charge in [-0.25, -0.2) is 0 Å². The SMILES string of the molecule is COc1ccc(C(=O)N2CCCN(C)C(=O)C2)c(N)c1. The number of hydrogen-bond donors (Lipinski definition) is 1. The second kappa shape index (κ2) is 5.81. The van der Waals surface area contributed by atoms with Crippen LogP contribution in [0, 0.1) is 0 Å². The third-order valence-electron chi connectivity index (χ3n) is 3.45. The maximum absolute atomic E-state index is 12.5. The number of hydrogen-bond acceptors (Lipinski definition) is 4. The van der Waals surface area contributed by atoms with Gasteiger partial charge in [-0.15, -0.1) is 0 Å². The molecule has 0 bridgehead atoms. The highest BCUT2D eigenvalue weighted by Gasteiger charge is 2.24. The molecule has 2 amide bonds. The summed E-state index contributed by atoms with van der Waals surface area (Å²) in [5, 5.41) is 0. The summed E-state index contributed by atoms with van der Waals surface area (Å²) < 4.78 is 5.06. The van der Waals surface area contributed by atoms with Crippen LogP contribution in [0.4, 0.5) is 5.69 Å². The van der Waals surface area contributed by atoms with Gasteiger partial charge in [0.25, 0.3) is 5.91 Å². The van der Waals surface area contributed by atoms with Crippen LogP contribution in [0.2, 0.25) is 0 Å². The van der Waals surface area contributed by atoms with Crippen LogP contribution in [-0.4, -0.2) is 55.4 Å². The van der Waals surface area contributed by atoms with Crippen LogP contribution in [0.15, 0.2) is 18.2 Å². The molecule has 108 valence electrons. The molecule has 0 unspecified atom stereocenters. The van der Waals surface area contributed by atoms with E-state index in [1.54, 1.807) is 42.2 Å². The van der Waals surface area contributed by atoms with E-state index in [1.165, 1.54) is 0 Å². The molecular formula is C14H19N3O3. The molecule has 1 aromatic rings. The topological polar surface area (TPSA) is 75.9 Å². The minimum absolute atomic E-state index is 0.0528. The van der Waals surface area contributed by atoms with Crippen molar-refractivity contribution in [2.75, 3.05) is 39.5 Å². The molecule has 6 nitrogen and oxygen atoms in total. The highest BCUT2D eigenvalue weighted by Crippen LogP contribution is 2.21. The zero-order valence-electron chi connectivity index (χ0n) is 11.8. The Morgan fingerprint density at radius 3 is 2.75 bits per heavy atom. The van der Waals surface area contributed by atoms with Crippen LogP contribution in [0.3, 0.4) is 0 Å². The summed E-state index contributed by atoms with van der Waals surface area (Å²) in [5.41, 5.74) is 6.65. The Hall–Kier alpha value is -2.24. The van der Waals surface area contributed by atoms with E-state index in [9.17, 15) is 9.59 Å². The molecule has 6 heteroatoms. The van der Waals surface area contributed by atoms with Crippen LogP contribution in [0.5, 0.6) is 5.75 Å². The average molecular weight is 277 g/mol. The van der Waals surface area contributed by atoms with Crippen LogP contribution in [0.25, 0.3) is 0 Å². The Bertz CT molecular complexity index is 530. The molecule has 0 saturated carbocycles. The molecule has 0 aliphatic carbocycles. The van der Waals surface area contributed by atoms with Crippen molar-refractivity contribution in [3.05, 3.63) is 23.8 Å². The summed E-state index contributed by atoms with van der Waals surface area (Å²) in [6, 6.07) is 4.93. The Kier molecular flexibility index (Phi) is 4.12. The lowest BCUT2D eigenvalue weighted by atomic mass is 10.1. The molecule has 0 aromatic heterocycles. The van der Waals surface area contributed by atoms with Crippen LogP contribution in [0.1, 0.15) is 16.8 Å².